The van der Waals surface area contributed by atoms with Gasteiger partial charge in [-0.2, -0.15) is 0 Å². The van der Waals surface area contributed by atoms with Gasteiger partial charge in [-0.25, -0.2) is 8.78 Å². The van der Waals surface area contributed by atoms with E-state index in [0.29, 0.717) is 6.54 Å². The summed E-state index contributed by atoms with van der Waals surface area (Å²) in [6.45, 7) is 2.47. The maximum absolute atomic E-state index is 12.6. The lowest BCUT2D eigenvalue weighted by molar-refractivity contribution is 0.151. The van der Waals surface area contributed by atoms with Gasteiger partial charge in [0, 0.05) is 19.2 Å². The van der Waals surface area contributed by atoms with Crippen LogP contribution in [0.25, 0.3) is 0 Å². The number of nitrogens with one attached hydrogen (secondary N) is 1. The Kier molecular flexibility index (Phi) is 4.21. The van der Waals surface area contributed by atoms with Crippen LogP contribution in [0, 0.1) is 0 Å². The van der Waals surface area contributed by atoms with Crippen molar-refractivity contribution in [1.82, 2.24) is 20.1 Å². The Hall–Kier alpha value is -1.82. The Morgan fingerprint density at radius 2 is 2.16 bits per heavy atom. The van der Waals surface area contributed by atoms with Gasteiger partial charge in [0.25, 0.3) is 6.43 Å². The molecular weight excluding hydrogens is 250 g/mol. The summed E-state index contributed by atoms with van der Waals surface area (Å²) in [6.07, 6.45) is -0.804. The standard InChI is InChI=1S/C13H16F2N4/c1-9(13-18-17-8-19(13)2)16-7-10-4-3-5-11(6-10)12(14)15/h3-6,8-9,12,16H,7H2,1-2H3. The van der Waals surface area contributed by atoms with Crippen molar-refractivity contribution in [3.8, 4) is 0 Å². The fraction of sp³-hybridized carbons (Fsp3) is 0.385. The molecule has 1 heterocycles. The van der Waals surface area contributed by atoms with Gasteiger partial charge in [0.15, 0.2) is 0 Å². The molecule has 0 saturated carbocycles. The van der Waals surface area contributed by atoms with Gasteiger partial charge in [-0.3, -0.25) is 0 Å². The third kappa shape index (κ3) is 3.35. The highest BCUT2D eigenvalue weighted by molar-refractivity contribution is 5.24. The molecule has 0 saturated heterocycles. The predicted octanol–water partition coefficient (Wildman–Crippen LogP) is 2.60. The van der Waals surface area contributed by atoms with Crippen molar-refractivity contribution in [1.29, 1.82) is 0 Å². The molecule has 0 aliphatic carbocycles. The summed E-state index contributed by atoms with van der Waals surface area (Å²) in [5.74, 6) is 0.810. The lowest BCUT2D eigenvalue weighted by atomic mass is 10.1. The first-order valence-electron chi connectivity index (χ1n) is 6.02. The lowest BCUT2D eigenvalue weighted by Gasteiger charge is -2.13. The second-order valence-corrected chi connectivity index (χ2v) is 4.45. The fourth-order valence-corrected chi connectivity index (χ4v) is 1.89. The minimum atomic E-state index is -2.43. The highest BCUT2D eigenvalue weighted by Gasteiger charge is 2.11. The Bertz CT molecular complexity index is 539. The normalized spacial score (nSPS) is 12.9. The molecule has 19 heavy (non-hydrogen) atoms. The van der Waals surface area contributed by atoms with E-state index in [9.17, 15) is 8.78 Å². The van der Waals surface area contributed by atoms with E-state index in [1.807, 2.05) is 24.6 Å². The molecule has 1 N–H and O–H groups in total. The summed E-state index contributed by atoms with van der Waals surface area (Å²) in [5.41, 5.74) is 0.873. The van der Waals surface area contributed by atoms with E-state index in [-0.39, 0.29) is 11.6 Å². The summed E-state index contributed by atoms with van der Waals surface area (Å²) >= 11 is 0. The van der Waals surface area contributed by atoms with Crippen molar-refractivity contribution in [3.05, 3.63) is 47.5 Å². The van der Waals surface area contributed by atoms with Crippen LogP contribution in [0.15, 0.2) is 30.6 Å². The number of aromatic nitrogens is 3. The van der Waals surface area contributed by atoms with Crippen molar-refractivity contribution in [2.75, 3.05) is 0 Å². The van der Waals surface area contributed by atoms with E-state index >= 15 is 0 Å². The summed E-state index contributed by atoms with van der Waals surface area (Å²) in [7, 11) is 1.87. The van der Waals surface area contributed by atoms with Gasteiger partial charge < -0.3 is 9.88 Å². The fourth-order valence-electron chi connectivity index (χ4n) is 1.89. The molecule has 0 radical (unpaired) electrons. The molecular formula is C13H16F2N4. The number of benzene rings is 1. The van der Waals surface area contributed by atoms with Crippen LogP contribution in [0.3, 0.4) is 0 Å². The van der Waals surface area contributed by atoms with Crippen LogP contribution in [-0.4, -0.2) is 14.8 Å². The molecule has 2 aromatic rings. The van der Waals surface area contributed by atoms with Crippen LogP contribution >= 0.6 is 0 Å². The predicted molar refractivity (Wildman–Crippen MR) is 67.7 cm³/mol. The first-order chi connectivity index (χ1) is 9.08. The van der Waals surface area contributed by atoms with E-state index in [4.69, 9.17) is 0 Å². The highest BCUT2D eigenvalue weighted by Crippen LogP contribution is 2.19. The summed E-state index contributed by atoms with van der Waals surface area (Å²) in [5, 5.41) is 11.1. The van der Waals surface area contributed by atoms with Gasteiger partial charge in [-0.05, 0) is 18.6 Å². The molecule has 1 aromatic carbocycles. The van der Waals surface area contributed by atoms with Crippen molar-refractivity contribution in [3.63, 3.8) is 0 Å². The van der Waals surface area contributed by atoms with Crippen molar-refractivity contribution in [2.24, 2.45) is 7.05 Å². The Morgan fingerprint density at radius 1 is 1.37 bits per heavy atom. The molecule has 0 aliphatic heterocycles. The van der Waals surface area contributed by atoms with Crippen LogP contribution in [0.5, 0.6) is 0 Å². The third-order valence-corrected chi connectivity index (χ3v) is 2.95. The summed E-state index contributed by atoms with van der Waals surface area (Å²) < 4.78 is 27.0. The number of hydrogen-bond donors (Lipinski definition) is 1. The zero-order valence-corrected chi connectivity index (χ0v) is 10.8. The topological polar surface area (TPSA) is 42.7 Å². The number of rotatable bonds is 5. The molecule has 4 nitrogen and oxygen atoms in total. The molecule has 1 aromatic heterocycles. The second kappa shape index (κ2) is 5.88. The maximum Gasteiger partial charge on any atom is 0.263 e. The summed E-state index contributed by atoms with van der Waals surface area (Å²) in [4.78, 5) is 0. The Balaban J connectivity index is 1.99. The minimum Gasteiger partial charge on any atom is -0.319 e. The van der Waals surface area contributed by atoms with Gasteiger partial charge >= 0.3 is 0 Å². The van der Waals surface area contributed by atoms with Crippen LogP contribution in [0.4, 0.5) is 8.78 Å². The highest BCUT2D eigenvalue weighted by atomic mass is 19.3. The van der Waals surface area contributed by atoms with Crippen molar-refractivity contribution in [2.45, 2.75) is 25.9 Å². The molecule has 2 rings (SSSR count). The third-order valence-electron chi connectivity index (χ3n) is 2.95. The van der Waals surface area contributed by atoms with E-state index in [1.165, 1.54) is 12.1 Å². The smallest absolute Gasteiger partial charge is 0.263 e. The zero-order chi connectivity index (χ0) is 13.8. The van der Waals surface area contributed by atoms with Gasteiger partial charge in [-0.1, -0.05) is 18.2 Å². The molecule has 1 atom stereocenters. The van der Waals surface area contributed by atoms with Crippen molar-refractivity contribution < 1.29 is 8.78 Å². The maximum atomic E-state index is 12.6. The molecule has 102 valence electrons. The molecule has 0 fully saturated rings. The molecule has 0 bridgehead atoms. The number of hydrogen-bond acceptors (Lipinski definition) is 3. The Labute approximate surface area is 110 Å². The average Bonchev–Trinajstić information content (AvgIpc) is 2.82. The summed E-state index contributed by atoms with van der Waals surface area (Å²) in [6, 6.07) is 6.41. The first kappa shape index (κ1) is 13.6. The zero-order valence-electron chi connectivity index (χ0n) is 10.8. The van der Waals surface area contributed by atoms with Gasteiger partial charge in [0.2, 0.25) is 0 Å². The molecule has 0 aliphatic rings. The van der Waals surface area contributed by atoms with Gasteiger partial charge in [0.1, 0.15) is 12.2 Å². The monoisotopic (exact) mass is 266 g/mol. The van der Waals surface area contributed by atoms with E-state index < -0.39 is 6.43 Å². The number of nitrogens with zero attached hydrogens (tertiary/aromatic N) is 3. The quantitative estimate of drug-likeness (QED) is 0.904. The second-order valence-electron chi connectivity index (χ2n) is 4.45. The number of halogens is 2. The largest absolute Gasteiger partial charge is 0.319 e. The van der Waals surface area contributed by atoms with Gasteiger partial charge in [-0.15, -0.1) is 10.2 Å². The van der Waals surface area contributed by atoms with Crippen LogP contribution in [-0.2, 0) is 13.6 Å². The molecule has 0 spiro atoms. The lowest BCUT2D eigenvalue weighted by Crippen LogP contribution is -2.21. The van der Waals surface area contributed by atoms with E-state index in [2.05, 4.69) is 15.5 Å². The van der Waals surface area contributed by atoms with Crippen molar-refractivity contribution >= 4 is 0 Å². The first-order valence-corrected chi connectivity index (χ1v) is 6.02. The van der Waals surface area contributed by atoms with Crippen LogP contribution < -0.4 is 5.32 Å². The van der Waals surface area contributed by atoms with E-state index in [1.54, 1.807) is 12.4 Å². The van der Waals surface area contributed by atoms with E-state index in [0.717, 1.165) is 11.4 Å². The van der Waals surface area contributed by atoms with Gasteiger partial charge in [0.05, 0.1) is 6.04 Å². The Morgan fingerprint density at radius 3 is 2.79 bits per heavy atom. The minimum absolute atomic E-state index is 0.00251. The van der Waals surface area contributed by atoms with Crippen LogP contribution in [0.1, 0.15) is 36.3 Å². The molecule has 1 unspecified atom stereocenters. The molecule has 0 amide bonds. The number of aryl methyl sites for hydroxylation is 1. The van der Waals surface area contributed by atoms with Crippen LogP contribution in [0.2, 0.25) is 0 Å². The molecule has 6 heteroatoms. The SMILES string of the molecule is CC(NCc1cccc(C(F)F)c1)c1nncn1C. The number of alkyl halides is 2. The average molecular weight is 266 g/mol.